The molecule has 2 aliphatic rings. The number of nitrogens with zero attached hydrogens (tertiary/aromatic N) is 2. The SMILES string of the molecule is CC(C)(C)OC(=O)NC(C(=O)N1CCC[C@H]1C(=O)Nc1ccc2[nH]c(-c3ccc(NC(=O)[C@@H]4CCCN4C(=O)C(NC(=O)O)c4ccccc4)cc3)cc2c1)c1ccccc1. The van der Waals surface area contributed by atoms with Gasteiger partial charge in [0.25, 0.3) is 11.8 Å². The smallest absolute Gasteiger partial charge is 0.408 e. The summed E-state index contributed by atoms with van der Waals surface area (Å²) in [6.45, 7) is 5.92. The number of rotatable bonds is 11. The number of hydrogen-bond donors (Lipinski definition) is 6. The Kier molecular flexibility index (Phi) is 12.4. The lowest BCUT2D eigenvalue weighted by Crippen LogP contribution is -2.49. The van der Waals surface area contributed by atoms with Crippen molar-refractivity contribution in [2.75, 3.05) is 23.7 Å². The standard InChI is InChI=1S/C46H49N7O8/c1-46(2,3)61-45(60)51-39(30-14-8-5-9-15-30)43(57)53-25-11-17-37(53)41(55)48-33-22-23-34-31(26-33)27-35(49-34)28-18-20-32(21-19-28)47-40(54)36-16-10-24-52(36)42(56)38(50-44(58)59)29-12-6-4-7-13-29/h4-9,12-15,18-23,26-27,36-39,49-50H,10-11,16-17,24-25H2,1-3H3,(H,47,54)(H,48,55)(H,51,60)(H,58,59)/t36-,37-,38?,39?/m0/s1. The van der Waals surface area contributed by atoms with Crippen molar-refractivity contribution in [2.24, 2.45) is 0 Å². The molecule has 7 rings (SSSR count). The maximum Gasteiger partial charge on any atom is 0.408 e. The van der Waals surface area contributed by atoms with E-state index in [9.17, 15) is 33.9 Å². The Labute approximate surface area is 352 Å². The van der Waals surface area contributed by atoms with Gasteiger partial charge in [0, 0.05) is 41.1 Å². The second-order valence-corrected chi connectivity index (χ2v) is 16.2. The fraction of sp³-hybridized carbons (Fsp3) is 0.304. The third kappa shape index (κ3) is 10.0. The molecule has 0 aliphatic carbocycles. The first-order valence-corrected chi connectivity index (χ1v) is 20.3. The van der Waals surface area contributed by atoms with Crippen LogP contribution in [-0.4, -0.2) is 86.5 Å². The van der Waals surface area contributed by atoms with E-state index in [1.165, 1.54) is 9.80 Å². The Bertz CT molecular complexity index is 2410. The quantitative estimate of drug-likeness (QED) is 0.0819. The van der Waals surface area contributed by atoms with E-state index in [1.54, 1.807) is 93.6 Å². The van der Waals surface area contributed by atoms with Gasteiger partial charge in [0.05, 0.1) is 0 Å². The van der Waals surface area contributed by atoms with Gasteiger partial charge in [-0.2, -0.15) is 0 Å². The summed E-state index contributed by atoms with van der Waals surface area (Å²) in [6.07, 6.45) is 0.0725. The molecule has 61 heavy (non-hydrogen) atoms. The third-order valence-corrected chi connectivity index (χ3v) is 10.7. The van der Waals surface area contributed by atoms with E-state index in [0.29, 0.717) is 61.3 Å². The minimum atomic E-state index is -1.34. The van der Waals surface area contributed by atoms with Crippen LogP contribution < -0.4 is 21.3 Å². The van der Waals surface area contributed by atoms with Gasteiger partial charge in [-0.25, -0.2) is 9.59 Å². The monoisotopic (exact) mass is 827 g/mol. The van der Waals surface area contributed by atoms with Crippen molar-refractivity contribution in [2.45, 2.75) is 76.2 Å². The molecule has 316 valence electrons. The summed E-state index contributed by atoms with van der Waals surface area (Å²) in [6, 6.07) is 28.4. The molecule has 6 N–H and O–H groups in total. The normalized spacial score (nSPS) is 17.3. The molecule has 1 aromatic heterocycles. The molecule has 0 bridgehead atoms. The first-order chi connectivity index (χ1) is 29.2. The van der Waals surface area contributed by atoms with Crippen molar-refractivity contribution >= 4 is 58.1 Å². The topological polar surface area (TPSA) is 202 Å². The lowest BCUT2D eigenvalue weighted by molar-refractivity contribution is -0.138. The number of aromatic nitrogens is 1. The van der Waals surface area contributed by atoms with Crippen molar-refractivity contribution in [3.8, 4) is 11.3 Å². The molecule has 0 spiro atoms. The number of likely N-dealkylation sites (tertiary alicyclic amines) is 2. The van der Waals surface area contributed by atoms with E-state index in [-0.39, 0.29) is 11.8 Å². The van der Waals surface area contributed by atoms with Crippen LogP contribution in [0.1, 0.15) is 69.7 Å². The summed E-state index contributed by atoms with van der Waals surface area (Å²) in [5, 5.41) is 21.2. The zero-order valence-corrected chi connectivity index (χ0v) is 34.1. The molecule has 2 saturated heterocycles. The summed E-state index contributed by atoms with van der Waals surface area (Å²) < 4.78 is 5.45. The number of fused-ring (bicyclic) bond motifs is 1. The Balaban J connectivity index is 0.991. The first-order valence-electron chi connectivity index (χ1n) is 20.3. The molecule has 4 atom stereocenters. The highest BCUT2D eigenvalue weighted by Gasteiger charge is 2.40. The number of aromatic amines is 1. The average molecular weight is 828 g/mol. The highest BCUT2D eigenvalue weighted by Crippen LogP contribution is 2.30. The fourth-order valence-electron chi connectivity index (χ4n) is 7.90. The van der Waals surface area contributed by atoms with Crippen LogP contribution in [0, 0.1) is 0 Å². The van der Waals surface area contributed by atoms with Crippen LogP contribution in [0.15, 0.2) is 109 Å². The summed E-state index contributed by atoms with van der Waals surface area (Å²) >= 11 is 0. The second kappa shape index (κ2) is 18.0. The number of hydrogen-bond acceptors (Lipinski definition) is 7. The summed E-state index contributed by atoms with van der Waals surface area (Å²) in [7, 11) is 0. The first kappa shape index (κ1) is 42.0. The highest BCUT2D eigenvalue weighted by atomic mass is 16.6. The van der Waals surface area contributed by atoms with E-state index >= 15 is 0 Å². The highest BCUT2D eigenvalue weighted by molar-refractivity contribution is 6.01. The Morgan fingerprint density at radius 1 is 0.672 bits per heavy atom. The maximum absolute atomic E-state index is 14.0. The molecule has 2 aliphatic heterocycles. The van der Waals surface area contributed by atoms with E-state index in [4.69, 9.17) is 4.74 Å². The van der Waals surface area contributed by atoms with Gasteiger partial charge in [0.2, 0.25) is 11.8 Å². The van der Waals surface area contributed by atoms with Crippen LogP contribution in [0.5, 0.6) is 0 Å². The van der Waals surface area contributed by atoms with Gasteiger partial charge in [-0.05, 0) is 99.5 Å². The molecule has 15 nitrogen and oxygen atoms in total. The van der Waals surface area contributed by atoms with Gasteiger partial charge in [-0.3, -0.25) is 19.2 Å². The Hall–Kier alpha value is -7.16. The molecule has 0 radical (unpaired) electrons. The van der Waals surface area contributed by atoms with Crippen molar-refractivity contribution in [3.63, 3.8) is 0 Å². The van der Waals surface area contributed by atoms with E-state index in [2.05, 4.69) is 26.3 Å². The van der Waals surface area contributed by atoms with Crippen molar-refractivity contribution in [3.05, 3.63) is 120 Å². The molecule has 6 amide bonds. The largest absolute Gasteiger partial charge is 0.465 e. The van der Waals surface area contributed by atoms with E-state index in [0.717, 1.165) is 22.2 Å². The molecule has 2 fully saturated rings. The molecule has 4 aromatic carbocycles. The van der Waals surface area contributed by atoms with E-state index < -0.39 is 53.8 Å². The van der Waals surface area contributed by atoms with Crippen molar-refractivity contribution < 1.29 is 38.6 Å². The molecular formula is C46H49N7O8. The van der Waals surface area contributed by atoms with Crippen LogP contribution in [0.25, 0.3) is 22.2 Å². The van der Waals surface area contributed by atoms with E-state index in [1.807, 2.05) is 36.4 Å². The lowest BCUT2D eigenvalue weighted by atomic mass is 10.0. The number of carboxylic acid groups (broad SMARTS) is 1. The van der Waals surface area contributed by atoms with Crippen LogP contribution in [0.3, 0.4) is 0 Å². The predicted molar refractivity (Wildman–Crippen MR) is 229 cm³/mol. The van der Waals surface area contributed by atoms with Gasteiger partial charge in [-0.1, -0.05) is 72.8 Å². The van der Waals surface area contributed by atoms with Gasteiger partial charge >= 0.3 is 12.2 Å². The summed E-state index contributed by atoms with van der Waals surface area (Å²) in [5.41, 5.74) is 3.87. The number of ether oxygens (including phenoxy) is 1. The van der Waals surface area contributed by atoms with Crippen LogP contribution in [0.4, 0.5) is 21.0 Å². The Morgan fingerprint density at radius 3 is 1.70 bits per heavy atom. The molecule has 3 heterocycles. The van der Waals surface area contributed by atoms with Gasteiger partial charge in [0.1, 0.15) is 29.8 Å². The van der Waals surface area contributed by atoms with Gasteiger partial charge in [0.15, 0.2) is 0 Å². The molecule has 5 aromatic rings. The number of anilines is 2. The summed E-state index contributed by atoms with van der Waals surface area (Å²) in [4.78, 5) is 85.5. The van der Waals surface area contributed by atoms with Crippen molar-refractivity contribution in [1.29, 1.82) is 0 Å². The fourth-order valence-corrected chi connectivity index (χ4v) is 7.90. The number of alkyl carbamates (subject to hydrolysis) is 1. The maximum atomic E-state index is 14.0. The number of H-pyrrole nitrogens is 1. The minimum absolute atomic E-state index is 0.329. The second-order valence-electron chi connectivity index (χ2n) is 16.2. The molecule has 0 saturated carbocycles. The minimum Gasteiger partial charge on any atom is -0.465 e. The van der Waals surface area contributed by atoms with Gasteiger partial charge < -0.3 is 45.9 Å². The Morgan fingerprint density at radius 2 is 1.18 bits per heavy atom. The molecule has 2 unspecified atom stereocenters. The lowest BCUT2D eigenvalue weighted by Gasteiger charge is -2.29. The van der Waals surface area contributed by atoms with Crippen LogP contribution >= 0.6 is 0 Å². The van der Waals surface area contributed by atoms with Gasteiger partial charge in [-0.15, -0.1) is 0 Å². The summed E-state index contributed by atoms with van der Waals surface area (Å²) in [5.74, 6) is -1.58. The van der Waals surface area contributed by atoms with Crippen LogP contribution in [0.2, 0.25) is 0 Å². The average Bonchev–Trinajstić information content (AvgIpc) is 4.02. The number of carbonyl (C=O) groups excluding carboxylic acids is 5. The van der Waals surface area contributed by atoms with Crippen LogP contribution in [-0.2, 0) is 23.9 Å². The number of benzene rings is 4. The molecule has 15 heteroatoms. The number of nitrogens with one attached hydrogen (secondary N) is 5. The zero-order chi connectivity index (χ0) is 43.3. The zero-order valence-electron chi connectivity index (χ0n) is 34.1. The third-order valence-electron chi connectivity index (χ3n) is 10.7. The number of amides is 6. The predicted octanol–water partition coefficient (Wildman–Crippen LogP) is 6.97. The number of carbonyl (C=O) groups is 6. The van der Waals surface area contributed by atoms with Crippen molar-refractivity contribution in [1.82, 2.24) is 25.4 Å². The molecular weight excluding hydrogens is 779 g/mol.